The average molecular weight is 442 g/mol. The highest BCUT2D eigenvalue weighted by Gasteiger charge is 2.36. The number of alkyl halides is 3. The zero-order chi connectivity index (χ0) is 22.3. The molecular weight excluding hydrogens is 421 g/mol. The van der Waals surface area contributed by atoms with E-state index >= 15 is 0 Å². The van der Waals surface area contributed by atoms with Crippen LogP contribution in [0, 0.1) is 6.92 Å². The van der Waals surface area contributed by atoms with Gasteiger partial charge in [0.25, 0.3) is 0 Å². The molecule has 1 atom stereocenters. The first-order valence-corrected chi connectivity index (χ1v) is 10.3. The van der Waals surface area contributed by atoms with Gasteiger partial charge >= 0.3 is 6.18 Å². The number of aromatic amines is 1. The number of rotatable bonds is 4. The van der Waals surface area contributed by atoms with E-state index in [-0.39, 0.29) is 17.7 Å². The highest BCUT2D eigenvalue weighted by molar-refractivity contribution is 5.97. The number of halogens is 3. The predicted molar refractivity (Wildman–Crippen MR) is 114 cm³/mol. The van der Waals surface area contributed by atoms with Gasteiger partial charge in [0.2, 0.25) is 5.95 Å². The Hall–Kier alpha value is -3.40. The molecule has 1 aliphatic heterocycles. The fourth-order valence-electron chi connectivity index (χ4n) is 4.08. The number of nitrogens with one attached hydrogen (secondary N) is 3. The number of anilines is 1. The predicted octanol–water partition coefficient (Wildman–Crippen LogP) is 4.77. The smallest absolute Gasteiger partial charge is 0.364 e. The molecule has 3 N–H and O–H groups in total. The molecule has 1 fully saturated rings. The largest absolute Gasteiger partial charge is 0.419 e. The molecular formula is C22H21F3N6O. The van der Waals surface area contributed by atoms with Crippen LogP contribution in [0.15, 0.2) is 41.4 Å². The number of aromatic nitrogens is 4. The van der Waals surface area contributed by atoms with E-state index in [0.717, 1.165) is 48.9 Å². The van der Waals surface area contributed by atoms with Crippen molar-refractivity contribution >= 4 is 16.9 Å². The third kappa shape index (κ3) is 3.81. The Kier molecular flexibility index (Phi) is 5.09. The quantitative estimate of drug-likeness (QED) is 0.422. The van der Waals surface area contributed by atoms with Crippen molar-refractivity contribution in [3.8, 4) is 22.4 Å². The summed E-state index contributed by atoms with van der Waals surface area (Å²) >= 11 is 0. The lowest BCUT2D eigenvalue weighted by Gasteiger charge is -2.24. The van der Waals surface area contributed by atoms with E-state index in [1.54, 1.807) is 18.5 Å². The van der Waals surface area contributed by atoms with Crippen molar-refractivity contribution in [3.05, 3.63) is 48.1 Å². The number of hydrogen-bond acceptors (Lipinski definition) is 6. The van der Waals surface area contributed by atoms with Crippen molar-refractivity contribution in [1.82, 2.24) is 25.4 Å². The van der Waals surface area contributed by atoms with Crippen LogP contribution in [-0.2, 0) is 6.18 Å². The summed E-state index contributed by atoms with van der Waals surface area (Å²) in [6, 6.07) is 5.55. The van der Waals surface area contributed by atoms with Crippen LogP contribution < -0.4 is 10.6 Å². The van der Waals surface area contributed by atoms with Crippen LogP contribution in [-0.4, -0.2) is 39.2 Å². The molecule has 1 aromatic carbocycles. The Morgan fingerprint density at radius 3 is 2.81 bits per heavy atom. The Labute approximate surface area is 181 Å². The van der Waals surface area contributed by atoms with Crippen molar-refractivity contribution in [3.63, 3.8) is 0 Å². The van der Waals surface area contributed by atoms with Gasteiger partial charge in [-0.3, -0.25) is 0 Å². The summed E-state index contributed by atoms with van der Waals surface area (Å²) in [5.41, 5.74) is 2.45. The van der Waals surface area contributed by atoms with Gasteiger partial charge in [0.1, 0.15) is 11.8 Å². The van der Waals surface area contributed by atoms with E-state index in [4.69, 9.17) is 4.52 Å². The fraction of sp³-hybridized carbons (Fsp3) is 0.318. The lowest BCUT2D eigenvalue weighted by Crippen LogP contribution is -2.38. The maximum atomic E-state index is 13.8. The molecule has 1 aliphatic rings. The topological polar surface area (TPSA) is 91.7 Å². The number of benzene rings is 1. The Bertz CT molecular complexity index is 1260. The molecule has 5 rings (SSSR count). The lowest BCUT2D eigenvalue weighted by atomic mass is 10.0. The van der Waals surface area contributed by atoms with Crippen LogP contribution in [0.3, 0.4) is 0 Å². The van der Waals surface area contributed by atoms with Gasteiger partial charge in [0.05, 0.1) is 11.4 Å². The zero-order valence-electron chi connectivity index (χ0n) is 17.3. The fourth-order valence-corrected chi connectivity index (χ4v) is 4.08. The third-order valence-electron chi connectivity index (χ3n) is 5.72. The van der Waals surface area contributed by atoms with E-state index in [0.29, 0.717) is 16.5 Å². The second-order valence-electron chi connectivity index (χ2n) is 7.92. The van der Waals surface area contributed by atoms with E-state index in [1.165, 1.54) is 0 Å². The first-order valence-electron chi connectivity index (χ1n) is 10.3. The van der Waals surface area contributed by atoms with Gasteiger partial charge in [0, 0.05) is 47.0 Å². The van der Waals surface area contributed by atoms with Crippen LogP contribution in [0.2, 0.25) is 0 Å². The summed E-state index contributed by atoms with van der Waals surface area (Å²) in [5, 5.41) is 10.9. The minimum Gasteiger partial charge on any atom is -0.364 e. The van der Waals surface area contributed by atoms with Gasteiger partial charge in [-0.05, 0) is 37.9 Å². The molecule has 10 heteroatoms. The molecule has 7 nitrogen and oxygen atoms in total. The number of aryl methyl sites for hydroxylation is 1. The summed E-state index contributed by atoms with van der Waals surface area (Å²) in [4.78, 5) is 11.3. The average Bonchev–Trinajstić information content (AvgIpc) is 3.39. The molecule has 0 radical (unpaired) electrons. The molecule has 4 aromatic rings. The molecule has 0 spiro atoms. The van der Waals surface area contributed by atoms with E-state index in [1.807, 2.05) is 19.1 Å². The Morgan fingerprint density at radius 2 is 2.09 bits per heavy atom. The molecule has 4 heterocycles. The van der Waals surface area contributed by atoms with Crippen molar-refractivity contribution in [2.45, 2.75) is 32.0 Å². The van der Waals surface area contributed by atoms with Crippen molar-refractivity contribution in [2.24, 2.45) is 0 Å². The number of H-pyrrole nitrogens is 1. The molecule has 3 aromatic heterocycles. The molecule has 32 heavy (non-hydrogen) atoms. The molecule has 0 amide bonds. The molecule has 0 saturated carbocycles. The standard InChI is InChI=1S/C22H21F3N6O/c1-12-17(11-32-31-12)13-4-5-15-16(9-27-19(15)7-13)20-18(22(23,24)25)10-28-21(30-20)29-14-3-2-6-26-8-14/h4-5,7,9-11,14,26-27H,2-3,6,8H2,1H3,(H,28,29,30)/t14-/m0/s1. The van der Waals surface area contributed by atoms with Crippen molar-refractivity contribution in [1.29, 1.82) is 0 Å². The van der Waals surface area contributed by atoms with Crippen LogP contribution >= 0.6 is 0 Å². The highest BCUT2D eigenvalue weighted by Crippen LogP contribution is 2.39. The van der Waals surface area contributed by atoms with E-state index < -0.39 is 11.7 Å². The minimum atomic E-state index is -4.58. The van der Waals surface area contributed by atoms with Gasteiger partial charge in [0.15, 0.2) is 0 Å². The van der Waals surface area contributed by atoms with Crippen LogP contribution in [0.5, 0.6) is 0 Å². The SMILES string of the molecule is Cc1nocc1-c1ccc2c(-c3nc(N[C@H]4CCCNC4)ncc3C(F)(F)F)c[nH]c2c1. The summed E-state index contributed by atoms with van der Waals surface area (Å²) in [7, 11) is 0. The molecule has 0 aliphatic carbocycles. The number of nitrogens with zero attached hydrogens (tertiary/aromatic N) is 3. The Balaban J connectivity index is 1.57. The van der Waals surface area contributed by atoms with Crippen LogP contribution in [0.1, 0.15) is 24.1 Å². The number of hydrogen-bond donors (Lipinski definition) is 3. The maximum absolute atomic E-state index is 13.8. The summed E-state index contributed by atoms with van der Waals surface area (Å²) in [6.07, 6.45) is 1.27. The van der Waals surface area contributed by atoms with Crippen molar-refractivity contribution in [2.75, 3.05) is 18.4 Å². The zero-order valence-corrected chi connectivity index (χ0v) is 17.3. The highest BCUT2D eigenvalue weighted by atomic mass is 19.4. The first kappa shape index (κ1) is 20.5. The summed E-state index contributed by atoms with van der Waals surface area (Å²) < 4.78 is 46.4. The van der Waals surface area contributed by atoms with Crippen LogP contribution in [0.25, 0.3) is 33.3 Å². The minimum absolute atomic E-state index is 0.0747. The lowest BCUT2D eigenvalue weighted by molar-refractivity contribution is -0.137. The number of piperidine rings is 1. The molecule has 0 unspecified atom stereocenters. The van der Waals surface area contributed by atoms with E-state index in [2.05, 4.69) is 30.7 Å². The summed E-state index contributed by atoms with van der Waals surface area (Å²) in [6.45, 7) is 3.48. The maximum Gasteiger partial charge on any atom is 0.419 e. The van der Waals surface area contributed by atoms with E-state index in [9.17, 15) is 13.2 Å². The van der Waals surface area contributed by atoms with Crippen molar-refractivity contribution < 1.29 is 17.7 Å². The second-order valence-corrected chi connectivity index (χ2v) is 7.92. The number of fused-ring (bicyclic) bond motifs is 1. The summed E-state index contributed by atoms with van der Waals surface area (Å²) in [5.74, 6) is 0.188. The molecule has 0 bridgehead atoms. The van der Waals surface area contributed by atoms with Gasteiger partial charge in [-0.2, -0.15) is 13.2 Å². The Morgan fingerprint density at radius 1 is 1.22 bits per heavy atom. The second kappa shape index (κ2) is 7.94. The first-order chi connectivity index (χ1) is 15.4. The van der Waals surface area contributed by atoms with Crippen LogP contribution in [0.4, 0.5) is 19.1 Å². The van der Waals surface area contributed by atoms with Gasteiger partial charge in [-0.15, -0.1) is 0 Å². The normalized spacial score (nSPS) is 17.1. The third-order valence-corrected chi connectivity index (χ3v) is 5.72. The van der Waals surface area contributed by atoms with Gasteiger partial charge in [-0.1, -0.05) is 17.3 Å². The van der Waals surface area contributed by atoms with Gasteiger partial charge < -0.3 is 20.1 Å². The molecule has 166 valence electrons. The molecule has 1 saturated heterocycles. The monoisotopic (exact) mass is 442 g/mol. The van der Waals surface area contributed by atoms with Gasteiger partial charge in [-0.25, -0.2) is 9.97 Å².